The van der Waals surface area contributed by atoms with Gasteiger partial charge in [0.25, 0.3) is 0 Å². The van der Waals surface area contributed by atoms with Crippen molar-refractivity contribution in [3.8, 4) is 0 Å². The van der Waals surface area contributed by atoms with Crippen LogP contribution in [0.25, 0.3) is 0 Å². The molecule has 0 aromatic rings. The first kappa shape index (κ1) is 17.9. The quantitative estimate of drug-likeness (QED) is 0.369. The van der Waals surface area contributed by atoms with Crippen LogP contribution in [-0.4, -0.2) is 58.4 Å². The number of piperidine rings is 1. The van der Waals surface area contributed by atoms with Gasteiger partial charge >= 0.3 is 0 Å². The Morgan fingerprint density at radius 1 is 1.19 bits per heavy atom. The maximum absolute atomic E-state index is 12.5. The zero-order valence-corrected chi connectivity index (χ0v) is 12.3. The van der Waals surface area contributed by atoms with Crippen LogP contribution in [0.2, 0.25) is 0 Å². The molecule has 1 heterocycles. The van der Waals surface area contributed by atoms with Gasteiger partial charge in [-0.15, -0.1) is 0 Å². The number of hydrogen-bond acceptors (Lipinski definition) is 5. The van der Waals surface area contributed by atoms with E-state index in [1.165, 1.54) is 0 Å². The third-order valence-electron chi connectivity index (χ3n) is 4.08. The van der Waals surface area contributed by atoms with Crippen LogP contribution in [0.3, 0.4) is 0 Å². The predicted molar refractivity (Wildman–Crippen MR) is 75.4 cm³/mol. The van der Waals surface area contributed by atoms with E-state index in [1.807, 2.05) is 0 Å². The number of carbonyl (C=O) groups is 2. The van der Waals surface area contributed by atoms with E-state index in [0.29, 0.717) is 31.8 Å². The van der Waals surface area contributed by atoms with Crippen LogP contribution in [0.4, 0.5) is 0 Å². The molecule has 1 aliphatic heterocycles. The minimum absolute atomic E-state index is 0.0247. The minimum Gasteiger partial charge on any atom is -0.396 e. The second kappa shape index (κ2) is 9.70. The fourth-order valence-electron chi connectivity index (χ4n) is 2.80. The topological polar surface area (TPSA) is 110 Å². The Hall–Kier alpha value is -1.18. The van der Waals surface area contributed by atoms with Crippen molar-refractivity contribution in [2.75, 3.05) is 26.3 Å². The second-order valence-electron chi connectivity index (χ2n) is 5.58. The zero-order chi connectivity index (χ0) is 15.7. The molecule has 1 fully saturated rings. The van der Waals surface area contributed by atoms with E-state index in [2.05, 4.69) is 0 Å². The van der Waals surface area contributed by atoms with E-state index in [-0.39, 0.29) is 25.5 Å². The van der Waals surface area contributed by atoms with Gasteiger partial charge in [-0.3, -0.25) is 14.8 Å². The van der Waals surface area contributed by atoms with Crippen molar-refractivity contribution < 1.29 is 25.0 Å². The molecule has 0 aliphatic carbocycles. The van der Waals surface area contributed by atoms with Crippen molar-refractivity contribution >= 4 is 11.8 Å². The summed E-state index contributed by atoms with van der Waals surface area (Å²) in [5.41, 5.74) is 1.55. The lowest BCUT2D eigenvalue weighted by molar-refractivity contribution is -0.142. The van der Waals surface area contributed by atoms with Crippen molar-refractivity contribution in [3.05, 3.63) is 0 Å². The highest BCUT2D eigenvalue weighted by atomic mass is 16.5. The number of hydroxylamine groups is 1. The van der Waals surface area contributed by atoms with Gasteiger partial charge in [-0.1, -0.05) is 0 Å². The molecule has 1 atom stereocenters. The number of nitrogens with zero attached hydrogens (tertiary/aromatic N) is 1. The molecule has 7 nitrogen and oxygen atoms in total. The number of aliphatic hydroxyl groups is 2. The number of nitrogens with one attached hydrogen (secondary N) is 1. The summed E-state index contributed by atoms with van der Waals surface area (Å²) in [4.78, 5) is 25.5. The van der Waals surface area contributed by atoms with Crippen LogP contribution in [0.5, 0.6) is 0 Å². The van der Waals surface area contributed by atoms with Crippen molar-refractivity contribution in [1.82, 2.24) is 10.4 Å². The second-order valence-corrected chi connectivity index (χ2v) is 5.58. The molecule has 1 unspecified atom stereocenters. The molecule has 0 aromatic carbocycles. The third-order valence-corrected chi connectivity index (χ3v) is 4.08. The SMILES string of the molecule is O=C(CC(CCCO)C(=O)N1CCC(CCO)CC1)NO. The minimum atomic E-state index is -0.582. The molecular formula is C14H26N2O5. The Morgan fingerprint density at radius 3 is 2.38 bits per heavy atom. The summed E-state index contributed by atoms with van der Waals surface area (Å²) in [6.45, 7) is 1.43. The molecule has 0 aromatic heterocycles. The number of likely N-dealkylation sites (tertiary alicyclic amines) is 1. The van der Waals surface area contributed by atoms with Gasteiger partial charge in [-0.2, -0.15) is 0 Å². The molecule has 21 heavy (non-hydrogen) atoms. The molecule has 1 aliphatic rings. The molecule has 7 heteroatoms. The first-order valence-corrected chi connectivity index (χ1v) is 7.55. The lowest BCUT2D eigenvalue weighted by atomic mass is 9.91. The molecule has 2 amide bonds. The van der Waals surface area contributed by atoms with Gasteiger partial charge in [-0.05, 0) is 38.0 Å². The predicted octanol–water partition coefficient (Wildman–Crippen LogP) is -0.108. The maximum Gasteiger partial charge on any atom is 0.244 e. The van der Waals surface area contributed by atoms with Gasteiger partial charge < -0.3 is 15.1 Å². The van der Waals surface area contributed by atoms with Gasteiger partial charge in [0, 0.05) is 38.6 Å². The van der Waals surface area contributed by atoms with Crippen molar-refractivity contribution in [2.45, 2.75) is 38.5 Å². The van der Waals surface area contributed by atoms with Gasteiger partial charge in [0.1, 0.15) is 0 Å². The highest BCUT2D eigenvalue weighted by Gasteiger charge is 2.29. The molecule has 4 N–H and O–H groups in total. The fraction of sp³-hybridized carbons (Fsp3) is 0.857. The van der Waals surface area contributed by atoms with E-state index < -0.39 is 11.8 Å². The first-order chi connectivity index (χ1) is 10.1. The van der Waals surface area contributed by atoms with Crippen LogP contribution in [0, 0.1) is 11.8 Å². The first-order valence-electron chi connectivity index (χ1n) is 7.55. The summed E-state index contributed by atoms with van der Waals surface area (Å²) in [7, 11) is 0. The van der Waals surface area contributed by atoms with Crippen LogP contribution in [-0.2, 0) is 9.59 Å². The van der Waals surface area contributed by atoms with Crippen LogP contribution in [0.15, 0.2) is 0 Å². The molecule has 0 radical (unpaired) electrons. The highest BCUT2D eigenvalue weighted by molar-refractivity contribution is 5.85. The van der Waals surface area contributed by atoms with E-state index in [1.54, 1.807) is 10.4 Å². The molecule has 122 valence electrons. The van der Waals surface area contributed by atoms with Crippen LogP contribution in [0.1, 0.15) is 38.5 Å². The van der Waals surface area contributed by atoms with Crippen molar-refractivity contribution in [1.29, 1.82) is 0 Å². The van der Waals surface area contributed by atoms with Gasteiger partial charge in [0.05, 0.1) is 0 Å². The molecule has 0 bridgehead atoms. The Labute approximate surface area is 124 Å². The number of hydrogen-bond donors (Lipinski definition) is 4. The van der Waals surface area contributed by atoms with E-state index in [9.17, 15) is 9.59 Å². The largest absolute Gasteiger partial charge is 0.396 e. The normalized spacial score (nSPS) is 17.6. The Kier molecular flexibility index (Phi) is 8.26. The molecule has 0 spiro atoms. The summed E-state index contributed by atoms with van der Waals surface area (Å²) >= 11 is 0. The fourth-order valence-corrected chi connectivity index (χ4v) is 2.80. The monoisotopic (exact) mass is 302 g/mol. The van der Waals surface area contributed by atoms with Gasteiger partial charge in [0.15, 0.2) is 0 Å². The van der Waals surface area contributed by atoms with E-state index >= 15 is 0 Å². The van der Waals surface area contributed by atoms with Gasteiger partial charge in [0.2, 0.25) is 11.8 Å². The number of rotatable bonds is 8. The van der Waals surface area contributed by atoms with Gasteiger partial charge in [-0.25, -0.2) is 5.48 Å². The van der Waals surface area contributed by atoms with Crippen LogP contribution < -0.4 is 5.48 Å². The summed E-state index contributed by atoms with van der Waals surface area (Å²) < 4.78 is 0. The molecule has 1 rings (SSSR count). The van der Waals surface area contributed by atoms with E-state index in [4.69, 9.17) is 15.4 Å². The molecule has 1 saturated heterocycles. The van der Waals surface area contributed by atoms with Crippen molar-refractivity contribution in [2.24, 2.45) is 11.8 Å². The number of aliphatic hydroxyl groups excluding tert-OH is 2. The highest BCUT2D eigenvalue weighted by Crippen LogP contribution is 2.23. The molecular weight excluding hydrogens is 276 g/mol. The molecule has 0 saturated carbocycles. The Balaban J connectivity index is 2.53. The Bertz CT molecular complexity index is 329. The lowest BCUT2D eigenvalue weighted by Gasteiger charge is -2.34. The Morgan fingerprint density at radius 2 is 1.86 bits per heavy atom. The summed E-state index contributed by atoms with van der Waals surface area (Å²) in [6.07, 6.45) is 3.32. The van der Waals surface area contributed by atoms with Crippen molar-refractivity contribution in [3.63, 3.8) is 0 Å². The average molecular weight is 302 g/mol. The maximum atomic E-state index is 12.5. The van der Waals surface area contributed by atoms with E-state index in [0.717, 1.165) is 19.3 Å². The average Bonchev–Trinajstić information content (AvgIpc) is 2.51. The van der Waals surface area contributed by atoms with Crippen LogP contribution >= 0.6 is 0 Å². The summed E-state index contributed by atoms with van der Waals surface area (Å²) in [5, 5.41) is 26.4. The summed E-state index contributed by atoms with van der Waals surface area (Å²) in [6, 6.07) is 0. The number of carbonyl (C=O) groups excluding carboxylic acids is 2. The summed E-state index contributed by atoms with van der Waals surface area (Å²) in [5.74, 6) is -0.717. The zero-order valence-electron chi connectivity index (χ0n) is 12.3. The third kappa shape index (κ3) is 5.99. The smallest absolute Gasteiger partial charge is 0.244 e. The number of amides is 2. The standard InChI is InChI=1S/C14H26N2O5/c17-8-1-2-12(10-13(19)15-21)14(20)16-6-3-11(4-7-16)5-9-18/h11-12,17-18,21H,1-10H2,(H,15,19). The lowest BCUT2D eigenvalue weighted by Crippen LogP contribution is -2.43.